The van der Waals surface area contributed by atoms with Gasteiger partial charge >= 0.3 is 0 Å². The number of hydrazine groups is 1. The molecule has 2 aromatic carbocycles. The van der Waals surface area contributed by atoms with Crippen LogP contribution in [-0.2, 0) is 6.54 Å². The molecule has 0 aliphatic rings. The summed E-state index contributed by atoms with van der Waals surface area (Å²) < 4.78 is 5.15. The van der Waals surface area contributed by atoms with Crippen molar-refractivity contribution in [2.24, 2.45) is 5.84 Å². The van der Waals surface area contributed by atoms with Crippen molar-refractivity contribution < 1.29 is 9.53 Å². The lowest BCUT2D eigenvalue weighted by Gasteiger charge is -2.17. The average Bonchev–Trinajstić information content (AvgIpc) is 3.25. The van der Waals surface area contributed by atoms with Gasteiger partial charge in [-0.25, -0.2) is 10.9 Å². The number of para-hydroxylation sites is 1. The van der Waals surface area contributed by atoms with Crippen molar-refractivity contribution in [2.45, 2.75) is 6.54 Å². The van der Waals surface area contributed by atoms with Crippen molar-refractivity contribution in [2.75, 3.05) is 17.4 Å². The number of nitrogens with zero attached hydrogens (tertiary/aromatic N) is 2. The monoisotopic (exact) mass is 404 g/mol. The standard InChI is InChI=1S/C22H20N4O2S/c1-28-17-8-6-16(7-9-17)26(23)22(27)21-20(11-13-29-21)25-14-15-10-12-24-19-5-3-2-4-18(15)19/h2-13,25H,14,23H2,1H3. The second kappa shape index (κ2) is 8.30. The molecule has 6 nitrogen and oxygen atoms in total. The fourth-order valence-electron chi connectivity index (χ4n) is 3.08. The average molecular weight is 404 g/mol. The summed E-state index contributed by atoms with van der Waals surface area (Å²) in [4.78, 5) is 17.9. The second-order valence-electron chi connectivity index (χ2n) is 6.38. The largest absolute Gasteiger partial charge is 0.497 e. The lowest BCUT2D eigenvalue weighted by atomic mass is 10.1. The molecule has 0 aliphatic carbocycles. The van der Waals surface area contributed by atoms with Crippen molar-refractivity contribution in [1.82, 2.24) is 4.98 Å². The number of aromatic nitrogens is 1. The van der Waals surface area contributed by atoms with Gasteiger partial charge in [-0.05, 0) is 53.4 Å². The Morgan fingerprint density at radius 2 is 1.93 bits per heavy atom. The Balaban J connectivity index is 1.52. The first-order chi connectivity index (χ1) is 14.2. The van der Waals surface area contributed by atoms with Gasteiger partial charge in [0.1, 0.15) is 10.6 Å². The molecule has 0 atom stereocenters. The van der Waals surface area contributed by atoms with E-state index in [0.29, 0.717) is 22.9 Å². The minimum absolute atomic E-state index is 0.271. The number of hydrogen-bond acceptors (Lipinski definition) is 6. The third-order valence-corrected chi connectivity index (χ3v) is 5.54. The molecular formula is C22H20N4O2S. The number of thiophene rings is 1. The van der Waals surface area contributed by atoms with Crippen LogP contribution in [0.4, 0.5) is 11.4 Å². The Hall–Kier alpha value is -3.42. The van der Waals surface area contributed by atoms with Crippen LogP contribution in [0.5, 0.6) is 5.75 Å². The smallest absolute Gasteiger partial charge is 0.284 e. The molecule has 0 aliphatic heterocycles. The van der Waals surface area contributed by atoms with Crippen LogP contribution in [-0.4, -0.2) is 18.0 Å². The van der Waals surface area contributed by atoms with Crippen molar-refractivity contribution in [3.63, 3.8) is 0 Å². The Labute approximate surface area is 172 Å². The van der Waals surface area contributed by atoms with E-state index in [1.165, 1.54) is 11.3 Å². The summed E-state index contributed by atoms with van der Waals surface area (Å²) in [5.41, 5.74) is 3.40. The quantitative estimate of drug-likeness (QED) is 0.282. The van der Waals surface area contributed by atoms with Gasteiger partial charge in [0.05, 0.1) is 24.0 Å². The van der Waals surface area contributed by atoms with Gasteiger partial charge in [-0.2, -0.15) is 0 Å². The number of nitrogens with two attached hydrogens (primary N) is 1. The molecule has 4 rings (SSSR count). The van der Waals surface area contributed by atoms with Gasteiger partial charge in [0.15, 0.2) is 0 Å². The van der Waals surface area contributed by atoms with Crippen LogP contribution >= 0.6 is 11.3 Å². The maximum absolute atomic E-state index is 12.9. The SMILES string of the molecule is COc1ccc(N(N)C(=O)c2sccc2NCc2ccnc3ccccc23)cc1. The van der Waals surface area contributed by atoms with Crippen molar-refractivity contribution in [3.05, 3.63) is 82.7 Å². The Kier molecular flexibility index (Phi) is 5.41. The van der Waals surface area contributed by atoms with Crippen LogP contribution in [0.15, 0.2) is 72.2 Å². The van der Waals surface area contributed by atoms with Crippen LogP contribution < -0.4 is 20.9 Å². The zero-order valence-electron chi connectivity index (χ0n) is 15.8. The number of pyridine rings is 1. The minimum Gasteiger partial charge on any atom is -0.497 e. The number of ether oxygens (including phenoxy) is 1. The van der Waals surface area contributed by atoms with Crippen LogP contribution in [0.25, 0.3) is 10.9 Å². The number of carbonyl (C=O) groups excluding carboxylic acids is 1. The molecule has 146 valence electrons. The van der Waals surface area contributed by atoms with E-state index in [9.17, 15) is 4.79 Å². The third-order valence-electron chi connectivity index (χ3n) is 4.64. The van der Waals surface area contributed by atoms with Gasteiger partial charge in [-0.15, -0.1) is 11.3 Å². The molecule has 4 aromatic rings. The van der Waals surface area contributed by atoms with Crippen molar-refractivity contribution in [3.8, 4) is 5.75 Å². The molecule has 7 heteroatoms. The van der Waals surface area contributed by atoms with Crippen LogP contribution in [0.3, 0.4) is 0 Å². The molecule has 0 radical (unpaired) electrons. The van der Waals surface area contributed by atoms with Gasteiger partial charge in [0, 0.05) is 18.1 Å². The normalized spacial score (nSPS) is 10.7. The van der Waals surface area contributed by atoms with E-state index in [1.54, 1.807) is 37.6 Å². The number of fused-ring (bicyclic) bond motifs is 1. The number of carbonyl (C=O) groups is 1. The van der Waals surface area contributed by atoms with E-state index in [4.69, 9.17) is 10.6 Å². The zero-order valence-corrected chi connectivity index (χ0v) is 16.6. The first-order valence-electron chi connectivity index (χ1n) is 9.04. The molecule has 0 unspecified atom stereocenters. The van der Waals surface area contributed by atoms with Crippen molar-refractivity contribution >= 4 is 39.5 Å². The Bertz CT molecular complexity index is 1140. The summed E-state index contributed by atoms with van der Waals surface area (Å²) >= 11 is 1.36. The fraction of sp³-hybridized carbons (Fsp3) is 0.0909. The molecule has 1 amide bonds. The number of hydrogen-bond donors (Lipinski definition) is 2. The zero-order chi connectivity index (χ0) is 20.2. The lowest BCUT2D eigenvalue weighted by Crippen LogP contribution is -2.37. The fourth-order valence-corrected chi connectivity index (χ4v) is 3.89. The van der Waals surface area contributed by atoms with E-state index in [0.717, 1.165) is 27.2 Å². The molecule has 0 fully saturated rings. The number of rotatable bonds is 6. The number of benzene rings is 2. The molecule has 2 aromatic heterocycles. The van der Waals surface area contributed by atoms with Crippen LogP contribution in [0.1, 0.15) is 15.2 Å². The molecular weight excluding hydrogens is 384 g/mol. The number of nitrogens with one attached hydrogen (secondary N) is 1. The third kappa shape index (κ3) is 3.91. The highest BCUT2D eigenvalue weighted by atomic mass is 32.1. The molecule has 0 bridgehead atoms. The highest BCUT2D eigenvalue weighted by Gasteiger charge is 2.19. The summed E-state index contributed by atoms with van der Waals surface area (Å²) in [6, 6.07) is 18.9. The van der Waals surface area contributed by atoms with E-state index < -0.39 is 0 Å². The van der Waals surface area contributed by atoms with E-state index in [-0.39, 0.29) is 5.91 Å². The molecule has 0 saturated carbocycles. The molecule has 3 N–H and O–H groups in total. The van der Waals surface area contributed by atoms with E-state index >= 15 is 0 Å². The summed E-state index contributed by atoms with van der Waals surface area (Å²) in [5.74, 6) is 6.52. The Morgan fingerprint density at radius 1 is 1.14 bits per heavy atom. The highest BCUT2D eigenvalue weighted by Crippen LogP contribution is 2.27. The predicted molar refractivity (Wildman–Crippen MR) is 117 cm³/mol. The van der Waals surface area contributed by atoms with Gasteiger partial charge < -0.3 is 10.1 Å². The molecule has 0 spiro atoms. The summed E-state index contributed by atoms with van der Waals surface area (Å²) in [6.45, 7) is 0.577. The number of anilines is 2. The topological polar surface area (TPSA) is 80.5 Å². The van der Waals surface area contributed by atoms with E-state index in [1.807, 2.05) is 41.8 Å². The van der Waals surface area contributed by atoms with Gasteiger partial charge in [0.2, 0.25) is 0 Å². The summed E-state index contributed by atoms with van der Waals surface area (Å²) in [6.07, 6.45) is 1.80. The van der Waals surface area contributed by atoms with E-state index in [2.05, 4.69) is 10.3 Å². The first-order valence-corrected chi connectivity index (χ1v) is 9.92. The number of amides is 1. The maximum Gasteiger partial charge on any atom is 0.284 e. The van der Waals surface area contributed by atoms with Crippen molar-refractivity contribution in [1.29, 1.82) is 0 Å². The van der Waals surface area contributed by atoms with Crippen LogP contribution in [0.2, 0.25) is 0 Å². The summed E-state index contributed by atoms with van der Waals surface area (Å²) in [5, 5.41) is 7.48. The Morgan fingerprint density at radius 3 is 2.72 bits per heavy atom. The second-order valence-corrected chi connectivity index (χ2v) is 7.29. The predicted octanol–water partition coefficient (Wildman–Crippen LogP) is 4.44. The summed E-state index contributed by atoms with van der Waals surface area (Å²) in [7, 11) is 1.59. The highest BCUT2D eigenvalue weighted by molar-refractivity contribution is 7.12. The molecule has 2 heterocycles. The first kappa shape index (κ1) is 18.9. The minimum atomic E-state index is -0.271. The van der Waals surface area contributed by atoms with Crippen LogP contribution in [0, 0.1) is 0 Å². The number of methoxy groups -OCH3 is 1. The molecule has 0 saturated heterocycles. The molecule has 29 heavy (non-hydrogen) atoms. The lowest BCUT2D eigenvalue weighted by molar-refractivity contribution is 0.0991. The van der Waals surface area contributed by atoms with Gasteiger partial charge in [0.25, 0.3) is 5.91 Å². The maximum atomic E-state index is 12.9. The van der Waals surface area contributed by atoms with Gasteiger partial charge in [-0.3, -0.25) is 9.78 Å². The van der Waals surface area contributed by atoms with Gasteiger partial charge in [-0.1, -0.05) is 18.2 Å².